The van der Waals surface area contributed by atoms with E-state index in [1.54, 1.807) is 6.20 Å². The Kier molecular flexibility index (Phi) is 8.47. The Bertz CT molecular complexity index is 693. The van der Waals surface area contributed by atoms with Crippen molar-refractivity contribution in [3.63, 3.8) is 0 Å². The lowest BCUT2D eigenvalue weighted by atomic mass is 9.73. The molecule has 0 spiro atoms. The van der Waals surface area contributed by atoms with Gasteiger partial charge in [0.15, 0.2) is 0 Å². The Hall–Kier alpha value is -0.820. The first-order valence-electron chi connectivity index (χ1n) is 11.6. The standard InChI is InChI=1S/C22H35N5O.2ClH/c28-22(18-13-25-26-21(18)15-6-2-1-3-7-15)24-14-20-17-10-16(11-23-12-17)19-8-4-5-9-27(19)20;;/h13,15-17,19-20,23H,1-12,14H2,(H,24,28)(H,25,26);2*1H/t16-,17+,19+,20+;;/m1../s1. The van der Waals surface area contributed by atoms with Crippen LogP contribution < -0.4 is 10.6 Å². The lowest BCUT2D eigenvalue weighted by Crippen LogP contribution is -2.65. The molecule has 3 N–H and O–H groups in total. The summed E-state index contributed by atoms with van der Waals surface area (Å²) in [4.78, 5) is 15.8. The molecule has 170 valence electrons. The maximum atomic E-state index is 13.0. The van der Waals surface area contributed by atoms with Crippen molar-refractivity contribution in [3.8, 4) is 0 Å². The summed E-state index contributed by atoms with van der Waals surface area (Å²) in [6.07, 6.45) is 13.3. The largest absolute Gasteiger partial charge is 0.350 e. The quantitative estimate of drug-likeness (QED) is 0.646. The number of nitrogens with one attached hydrogen (secondary N) is 3. The summed E-state index contributed by atoms with van der Waals surface area (Å²) in [6.45, 7) is 4.25. The van der Waals surface area contributed by atoms with Crippen molar-refractivity contribution in [1.82, 2.24) is 25.7 Å². The SMILES string of the molecule is Cl.Cl.O=C(NC[C@H]1[C@@H]2CNC[C@@H](C2)[C@@H]2CCCCN21)c1cn[nH]c1C1CCCCC1. The second-order valence-corrected chi connectivity index (χ2v) is 9.52. The fourth-order valence-corrected chi connectivity index (χ4v) is 6.52. The van der Waals surface area contributed by atoms with Gasteiger partial charge in [0, 0.05) is 24.5 Å². The number of nitrogens with zero attached hydrogens (tertiary/aromatic N) is 2. The molecule has 4 fully saturated rings. The first kappa shape index (κ1) is 23.8. The second-order valence-electron chi connectivity index (χ2n) is 9.52. The lowest BCUT2D eigenvalue weighted by molar-refractivity contribution is -0.0371. The molecule has 4 aliphatic rings. The topological polar surface area (TPSA) is 73.1 Å². The number of halogens is 2. The third kappa shape index (κ3) is 4.67. The van der Waals surface area contributed by atoms with Crippen molar-refractivity contribution in [1.29, 1.82) is 0 Å². The Labute approximate surface area is 192 Å². The molecule has 1 aliphatic carbocycles. The summed E-state index contributed by atoms with van der Waals surface area (Å²) in [5.74, 6) is 2.00. The van der Waals surface area contributed by atoms with Gasteiger partial charge in [-0.05, 0) is 63.6 Å². The van der Waals surface area contributed by atoms with Gasteiger partial charge in [0.2, 0.25) is 0 Å². The van der Waals surface area contributed by atoms with Crippen molar-refractivity contribution in [2.75, 3.05) is 26.2 Å². The second kappa shape index (κ2) is 10.7. The molecule has 3 saturated heterocycles. The van der Waals surface area contributed by atoms with Gasteiger partial charge in [-0.3, -0.25) is 14.8 Å². The van der Waals surface area contributed by atoms with E-state index in [0.29, 0.717) is 23.9 Å². The molecule has 8 heteroatoms. The number of amides is 1. The Morgan fingerprint density at radius 2 is 1.83 bits per heavy atom. The van der Waals surface area contributed by atoms with Crippen LogP contribution in [0, 0.1) is 11.8 Å². The average molecular weight is 458 g/mol. The number of H-pyrrole nitrogens is 1. The van der Waals surface area contributed by atoms with E-state index < -0.39 is 0 Å². The molecule has 4 heterocycles. The minimum Gasteiger partial charge on any atom is -0.350 e. The third-order valence-electron chi connectivity index (χ3n) is 7.92. The molecule has 3 aliphatic heterocycles. The lowest BCUT2D eigenvalue weighted by Gasteiger charge is -2.55. The fraction of sp³-hybridized carbons (Fsp3) is 0.818. The molecule has 1 amide bonds. The highest BCUT2D eigenvalue weighted by molar-refractivity contribution is 5.95. The molecule has 1 aromatic rings. The molecule has 0 radical (unpaired) electrons. The molecule has 30 heavy (non-hydrogen) atoms. The third-order valence-corrected chi connectivity index (χ3v) is 7.92. The maximum absolute atomic E-state index is 13.0. The molecule has 6 nitrogen and oxygen atoms in total. The molecule has 1 aromatic heterocycles. The first-order chi connectivity index (χ1) is 13.8. The number of fused-ring (bicyclic) bond motifs is 4. The molecule has 0 aromatic carbocycles. The number of hydrogen-bond acceptors (Lipinski definition) is 4. The minimum absolute atomic E-state index is 0. The van der Waals surface area contributed by atoms with Crippen LogP contribution in [0.2, 0.25) is 0 Å². The van der Waals surface area contributed by atoms with Crippen LogP contribution in [0.25, 0.3) is 0 Å². The molecule has 0 unspecified atom stereocenters. The summed E-state index contributed by atoms with van der Waals surface area (Å²) in [6, 6.07) is 1.19. The van der Waals surface area contributed by atoms with Crippen molar-refractivity contribution < 1.29 is 4.79 Å². The first-order valence-corrected chi connectivity index (χ1v) is 11.6. The van der Waals surface area contributed by atoms with E-state index in [2.05, 4.69) is 25.7 Å². The number of carbonyl (C=O) groups is 1. The van der Waals surface area contributed by atoms with Crippen molar-refractivity contribution in [3.05, 3.63) is 17.5 Å². The normalized spacial score (nSPS) is 31.7. The van der Waals surface area contributed by atoms with Gasteiger partial charge >= 0.3 is 0 Å². The number of hydrogen-bond donors (Lipinski definition) is 3. The van der Waals surface area contributed by atoms with E-state index in [4.69, 9.17) is 0 Å². The molecule has 2 bridgehead atoms. The minimum atomic E-state index is 0. The molecule has 1 saturated carbocycles. The van der Waals surface area contributed by atoms with Crippen LogP contribution in [0.15, 0.2) is 6.20 Å². The summed E-state index contributed by atoms with van der Waals surface area (Å²) < 4.78 is 0. The van der Waals surface area contributed by atoms with Gasteiger partial charge in [0.1, 0.15) is 0 Å². The molecular formula is C22H37Cl2N5O. The molecule has 4 atom stereocenters. The summed E-state index contributed by atoms with van der Waals surface area (Å²) in [7, 11) is 0. The summed E-state index contributed by atoms with van der Waals surface area (Å²) in [5.41, 5.74) is 1.84. The van der Waals surface area contributed by atoms with Crippen LogP contribution in [-0.4, -0.2) is 59.3 Å². The summed E-state index contributed by atoms with van der Waals surface area (Å²) >= 11 is 0. The average Bonchev–Trinajstić information content (AvgIpc) is 3.24. The van der Waals surface area contributed by atoms with Gasteiger partial charge < -0.3 is 10.6 Å². The van der Waals surface area contributed by atoms with Gasteiger partial charge in [-0.1, -0.05) is 25.7 Å². The number of rotatable bonds is 4. The zero-order valence-electron chi connectivity index (χ0n) is 17.8. The highest BCUT2D eigenvalue weighted by Gasteiger charge is 2.45. The van der Waals surface area contributed by atoms with Crippen LogP contribution >= 0.6 is 24.8 Å². The van der Waals surface area contributed by atoms with Crippen LogP contribution in [0.1, 0.15) is 79.8 Å². The van der Waals surface area contributed by atoms with E-state index in [9.17, 15) is 4.79 Å². The Balaban J connectivity index is 0.00000128. The highest BCUT2D eigenvalue weighted by atomic mass is 35.5. The van der Waals surface area contributed by atoms with E-state index in [-0.39, 0.29) is 30.7 Å². The smallest absolute Gasteiger partial charge is 0.254 e. The molecule has 5 rings (SSSR count). The Morgan fingerprint density at radius 1 is 1.07 bits per heavy atom. The van der Waals surface area contributed by atoms with Crippen molar-refractivity contribution in [2.24, 2.45) is 11.8 Å². The van der Waals surface area contributed by atoms with Crippen LogP contribution in [0.3, 0.4) is 0 Å². The molecular weight excluding hydrogens is 421 g/mol. The van der Waals surface area contributed by atoms with Gasteiger partial charge in [0.25, 0.3) is 5.91 Å². The van der Waals surface area contributed by atoms with Gasteiger partial charge in [-0.15, -0.1) is 24.8 Å². The fourth-order valence-electron chi connectivity index (χ4n) is 6.52. The Morgan fingerprint density at radius 3 is 2.67 bits per heavy atom. The summed E-state index contributed by atoms with van der Waals surface area (Å²) in [5, 5.41) is 14.3. The predicted molar refractivity (Wildman–Crippen MR) is 124 cm³/mol. The van der Waals surface area contributed by atoms with Crippen LogP contribution in [-0.2, 0) is 0 Å². The van der Waals surface area contributed by atoms with Gasteiger partial charge in [-0.25, -0.2) is 0 Å². The van der Waals surface area contributed by atoms with Crippen molar-refractivity contribution in [2.45, 2.75) is 75.8 Å². The zero-order valence-corrected chi connectivity index (χ0v) is 19.4. The van der Waals surface area contributed by atoms with Gasteiger partial charge in [-0.2, -0.15) is 5.10 Å². The van der Waals surface area contributed by atoms with Crippen molar-refractivity contribution >= 4 is 30.7 Å². The van der Waals surface area contributed by atoms with E-state index >= 15 is 0 Å². The van der Waals surface area contributed by atoms with Crippen LogP contribution in [0.4, 0.5) is 0 Å². The number of piperidine rings is 3. The number of aromatic amines is 1. The number of carbonyl (C=O) groups excluding carboxylic acids is 1. The van der Waals surface area contributed by atoms with Gasteiger partial charge in [0.05, 0.1) is 17.5 Å². The monoisotopic (exact) mass is 457 g/mol. The van der Waals surface area contributed by atoms with Crippen LogP contribution in [0.5, 0.6) is 0 Å². The highest BCUT2D eigenvalue weighted by Crippen LogP contribution is 2.39. The predicted octanol–water partition coefficient (Wildman–Crippen LogP) is 3.49. The zero-order chi connectivity index (χ0) is 18.9. The van der Waals surface area contributed by atoms with E-state index in [1.807, 2.05) is 0 Å². The van der Waals surface area contributed by atoms with E-state index in [0.717, 1.165) is 30.3 Å². The van der Waals surface area contributed by atoms with E-state index in [1.165, 1.54) is 70.9 Å². The number of aromatic nitrogens is 2. The maximum Gasteiger partial charge on any atom is 0.254 e.